The molecular weight excluding hydrogens is 354 g/mol. The average molecular weight is 369 g/mol. The van der Waals surface area contributed by atoms with Crippen LogP contribution in [-0.4, -0.2) is 25.0 Å². The molecule has 2 aromatic rings. The summed E-state index contributed by atoms with van der Waals surface area (Å²) in [5.74, 6) is -2.61. The van der Waals surface area contributed by atoms with E-state index < -0.39 is 41.0 Å². The first-order chi connectivity index (χ1) is 12.2. The van der Waals surface area contributed by atoms with Crippen molar-refractivity contribution in [2.75, 3.05) is 7.11 Å². The number of benzene rings is 2. The summed E-state index contributed by atoms with van der Waals surface area (Å²) >= 11 is 0. The van der Waals surface area contributed by atoms with E-state index in [1.807, 2.05) is 0 Å². The molecule has 2 rings (SSSR count). The predicted molar refractivity (Wildman–Crippen MR) is 84.8 cm³/mol. The van der Waals surface area contributed by atoms with E-state index in [1.54, 1.807) is 0 Å². The van der Waals surface area contributed by atoms with Crippen LogP contribution in [0.5, 0.6) is 0 Å². The number of nitrogens with one attached hydrogen (secondary N) is 1. The molecule has 8 heteroatoms. The van der Waals surface area contributed by atoms with E-state index in [-0.39, 0.29) is 12.0 Å². The zero-order valence-electron chi connectivity index (χ0n) is 13.6. The summed E-state index contributed by atoms with van der Waals surface area (Å²) in [6, 6.07) is 8.40. The topological polar surface area (TPSA) is 55.4 Å². The second kappa shape index (κ2) is 7.99. The van der Waals surface area contributed by atoms with E-state index in [1.165, 1.54) is 30.3 Å². The van der Waals surface area contributed by atoms with Crippen molar-refractivity contribution in [2.24, 2.45) is 0 Å². The number of halogens is 4. The van der Waals surface area contributed by atoms with E-state index in [0.29, 0.717) is 0 Å². The lowest BCUT2D eigenvalue weighted by atomic mass is 10.0. The van der Waals surface area contributed by atoms with E-state index in [0.717, 1.165) is 25.3 Å². The van der Waals surface area contributed by atoms with Crippen LogP contribution in [0.4, 0.5) is 17.6 Å². The zero-order valence-corrected chi connectivity index (χ0v) is 13.6. The molecule has 0 spiro atoms. The molecule has 0 heterocycles. The highest BCUT2D eigenvalue weighted by atomic mass is 19.4. The molecule has 1 N–H and O–H groups in total. The Morgan fingerprint density at radius 3 is 2.31 bits per heavy atom. The van der Waals surface area contributed by atoms with Gasteiger partial charge in [0.1, 0.15) is 11.9 Å². The van der Waals surface area contributed by atoms with Gasteiger partial charge in [0, 0.05) is 6.42 Å². The molecule has 1 amide bonds. The van der Waals surface area contributed by atoms with E-state index in [4.69, 9.17) is 0 Å². The first-order valence-electron chi connectivity index (χ1n) is 7.52. The average Bonchev–Trinajstić information content (AvgIpc) is 2.61. The molecule has 0 bridgehead atoms. The van der Waals surface area contributed by atoms with Gasteiger partial charge in [0.25, 0.3) is 5.91 Å². The monoisotopic (exact) mass is 369 g/mol. The van der Waals surface area contributed by atoms with Crippen molar-refractivity contribution in [3.8, 4) is 0 Å². The van der Waals surface area contributed by atoms with E-state index >= 15 is 0 Å². The van der Waals surface area contributed by atoms with Crippen LogP contribution >= 0.6 is 0 Å². The van der Waals surface area contributed by atoms with Gasteiger partial charge in [0.2, 0.25) is 0 Å². The molecular formula is C18H15F4NO3. The maximum absolute atomic E-state index is 13.8. The van der Waals surface area contributed by atoms with Crippen molar-refractivity contribution < 1.29 is 31.9 Å². The minimum atomic E-state index is -4.74. The molecule has 26 heavy (non-hydrogen) atoms. The maximum atomic E-state index is 13.8. The van der Waals surface area contributed by atoms with Crippen LogP contribution in [0.1, 0.15) is 21.5 Å². The van der Waals surface area contributed by atoms with Gasteiger partial charge in [-0.15, -0.1) is 0 Å². The highest BCUT2D eigenvalue weighted by Crippen LogP contribution is 2.31. The molecule has 0 saturated carbocycles. The smallest absolute Gasteiger partial charge is 0.417 e. The summed E-state index contributed by atoms with van der Waals surface area (Å²) < 4.78 is 57.5. The van der Waals surface area contributed by atoms with Gasteiger partial charge >= 0.3 is 12.1 Å². The number of alkyl halides is 3. The first-order valence-corrected chi connectivity index (χ1v) is 7.52. The minimum absolute atomic E-state index is 0.118. The number of carbonyl (C=O) groups excluding carboxylic acids is 2. The van der Waals surface area contributed by atoms with Crippen molar-refractivity contribution in [2.45, 2.75) is 18.6 Å². The summed E-state index contributed by atoms with van der Waals surface area (Å²) in [5, 5.41) is 2.19. The number of carbonyl (C=O) groups is 2. The minimum Gasteiger partial charge on any atom is -0.467 e. The zero-order chi connectivity index (χ0) is 19.3. The highest BCUT2D eigenvalue weighted by molar-refractivity contribution is 5.98. The Hall–Kier alpha value is -2.90. The number of esters is 1. The lowest BCUT2D eigenvalue weighted by Gasteiger charge is -2.18. The van der Waals surface area contributed by atoms with Crippen LogP contribution in [0.2, 0.25) is 0 Å². The molecule has 0 saturated heterocycles. The Balaban J connectivity index is 2.28. The van der Waals surface area contributed by atoms with Gasteiger partial charge in [0.15, 0.2) is 0 Å². The summed E-state index contributed by atoms with van der Waals surface area (Å²) in [7, 11) is 1.06. The van der Waals surface area contributed by atoms with Crippen LogP contribution in [0.15, 0.2) is 48.5 Å². The van der Waals surface area contributed by atoms with Crippen LogP contribution in [0.3, 0.4) is 0 Å². The van der Waals surface area contributed by atoms with E-state index in [2.05, 4.69) is 10.1 Å². The lowest BCUT2D eigenvalue weighted by molar-refractivity contribution is -0.142. The third kappa shape index (κ3) is 4.59. The number of hydrogen-bond donors (Lipinski definition) is 1. The van der Waals surface area contributed by atoms with Gasteiger partial charge in [-0.05, 0) is 23.8 Å². The molecule has 0 aromatic heterocycles. The van der Waals surface area contributed by atoms with Crippen LogP contribution in [0.25, 0.3) is 0 Å². The third-order valence-electron chi connectivity index (χ3n) is 3.65. The molecule has 0 aliphatic heterocycles. The second-order valence-electron chi connectivity index (χ2n) is 5.39. The molecule has 0 unspecified atom stereocenters. The molecule has 0 aliphatic carbocycles. The molecule has 0 aliphatic rings. The van der Waals surface area contributed by atoms with Gasteiger partial charge in [-0.25, -0.2) is 9.18 Å². The van der Waals surface area contributed by atoms with Crippen LogP contribution in [-0.2, 0) is 22.1 Å². The van der Waals surface area contributed by atoms with Crippen LogP contribution < -0.4 is 5.32 Å². The number of hydrogen-bond acceptors (Lipinski definition) is 3. The Morgan fingerprint density at radius 1 is 1.08 bits per heavy atom. The molecule has 0 radical (unpaired) electrons. The predicted octanol–water partition coefficient (Wildman–Crippen LogP) is 3.36. The van der Waals surface area contributed by atoms with E-state index in [9.17, 15) is 27.2 Å². The highest BCUT2D eigenvalue weighted by Gasteiger charge is 2.35. The van der Waals surface area contributed by atoms with Gasteiger partial charge in [0.05, 0.1) is 18.2 Å². The fraction of sp³-hybridized carbons (Fsp3) is 0.222. The largest absolute Gasteiger partial charge is 0.467 e. The number of methoxy groups -OCH3 is 1. The Morgan fingerprint density at radius 2 is 1.69 bits per heavy atom. The van der Waals surface area contributed by atoms with Gasteiger partial charge in [-0.2, -0.15) is 13.2 Å². The number of amides is 1. The summed E-state index contributed by atoms with van der Waals surface area (Å²) in [6.45, 7) is 0. The fourth-order valence-corrected chi connectivity index (χ4v) is 2.38. The second-order valence-corrected chi connectivity index (χ2v) is 5.39. The summed E-state index contributed by atoms with van der Waals surface area (Å²) in [5.41, 5.74) is -1.65. The first kappa shape index (κ1) is 19.4. The van der Waals surface area contributed by atoms with Gasteiger partial charge in [-0.1, -0.05) is 30.3 Å². The van der Waals surface area contributed by atoms with Crippen molar-refractivity contribution in [3.63, 3.8) is 0 Å². The standard InChI is InChI=1S/C18H15F4NO3/c1-26-17(25)15(10-11-6-2-5-9-14(11)19)23-16(24)12-7-3-4-8-13(12)18(20,21)22/h2-9,15H,10H2,1H3,(H,23,24)/t15-/m1/s1. The summed E-state index contributed by atoms with van der Waals surface area (Å²) in [4.78, 5) is 24.2. The lowest BCUT2D eigenvalue weighted by Crippen LogP contribution is -2.43. The van der Waals surface area contributed by atoms with Crippen molar-refractivity contribution in [1.82, 2.24) is 5.32 Å². The molecule has 138 valence electrons. The van der Waals surface area contributed by atoms with Crippen molar-refractivity contribution >= 4 is 11.9 Å². The number of ether oxygens (including phenoxy) is 1. The maximum Gasteiger partial charge on any atom is 0.417 e. The number of rotatable bonds is 5. The SMILES string of the molecule is COC(=O)[C@@H](Cc1ccccc1F)NC(=O)c1ccccc1C(F)(F)F. The fourth-order valence-electron chi connectivity index (χ4n) is 2.38. The normalized spacial score (nSPS) is 12.3. The van der Waals surface area contributed by atoms with Gasteiger partial charge in [-0.3, -0.25) is 4.79 Å². The van der Waals surface area contributed by atoms with Crippen molar-refractivity contribution in [3.05, 3.63) is 71.0 Å². The molecule has 4 nitrogen and oxygen atoms in total. The van der Waals surface area contributed by atoms with Crippen molar-refractivity contribution in [1.29, 1.82) is 0 Å². The molecule has 0 fully saturated rings. The Kier molecular flexibility index (Phi) is 5.97. The van der Waals surface area contributed by atoms with Crippen LogP contribution in [0, 0.1) is 5.82 Å². The van der Waals surface area contributed by atoms with Gasteiger partial charge < -0.3 is 10.1 Å². The Bertz CT molecular complexity index is 805. The summed E-state index contributed by atoms with van der Waals surface area (Å²) in [6.07, 6.45) is -5.00. The molecule has 2 aromatic carbocycles. The Labute approximate surface area is 146 Å². The quantitative estimate of drug-likeness (QED) is 0.650. The third-order valence-corrected chi connectivity index (χ3v) is 3.65. The molecule has 1 atom stereocenters.